The summed E-state index contributed by atoms with van der Waals surface area (Å²) in [5.41, 5.74) is 1.25. The Morgan fingerprint density at radius 2 is 1.66 bits per heavy atom. The van der Waals surface area contributed by atoms with Crippen molar-refractivity contribution in [1.29, 1.82) is 5.26 Å². The Morgan fingerprint density at radius 1 is 1.00 bits per heavy atom. The number of carbonyl (C=O) groups excluding carboxylic acids is 2. The highest BCUT2D eigenvalue weighted by Gasteiger charge is 2.24. The fourth-order valence-corrected chi connectivity index (χ4v) is 5.29. The topological polar surface area (TPSA) is 108 Å². The number of anilines is 1. The average molecular weight is 496 g/mol. The number of amides is 1. The number of nitrogens with zero attached hydrogens (tertiary/aromatic N) is 3. The summed E-state index contributed by atoms with van der Waals surface area (Å²) in [4.78, 5) is 26.3. The number of nitriles is 1. The summed E-state index contributed by atoms with van der Waals surface area (Å²) in [7, 11) is -3.53. The van der Waals surface area contributed by atoms with E-state index in [9.17, 15) is 18.0 Å². The van der Waals surface area contributed by atoms with E-state index in [0.29, 0.717) is 24.3 Å². The molecule has 0 N–H and O–H groups in total. The van der Waals surface area contributed by atoms with E-state index in [2.05, 4.69) is 0 Å². The van der Waals surface area contributed by atoms with Gasteiger partial charge in [0.05, 0.1) is 17.4 Å². The molecule has 0 radical (unpaired) electrons. The third kappa shape index (κ3) is 7.50. The van der Waals surface area contributed by atoms with Gasteiger partial charge < -0.3 is 9.64 Å². The van der Waals surface area contributed by atoms with Gasteiger partial charge in [0.2, 0.25) is 10.0 Å². The van der Waals surface area contributed by atoms with Crippen LogP contribution in [0.1, 0.15) is 37.7 Å². The Kier molecular flexibility index (Phi) is 9.58. The zero-order chi connectivity index (χ0) is 25.1. The van der Waals surface area contributed by atoms with Crippen LogP contribution in [0.15, 0.2) is 65.6 Å². The van der Waals surface area contributed by atoms with E-state index < -0.39 is 28.5 Å². The second kappa shape index (κ2) is 12.8. The predicted octanol–water partition coefficient (Wildman–Crippen LogP) is 3.75. The fraction of sp³-hybridized carbons (Fsp3) is 0.346. The largest absolute Gasteiger partial charge is 0.452 e. The van der Waals surface area contributed by atoms with Crippen molar-refractivity contribution in [3.05, 3.63) is 66.2 Å². The van der Waals surface area contributed by atoms with E-state index in [1.54, 1.807) is 36.4 Å². The van der Waals surface area contributed by atoms with Crippen LogP contribution >= 0.6 is 0 Å². The number of esters is 1. The lowest BCUT2D eigenvalue weighted by Crippen LogP contribution is -2.35. The molecule has 2 aromatic rings. The van der Waals surface area contributed by atoms with Crippen molar-refractivity contribution < 1.29 is 22.7 Å². The molecule has 1 saturated heterocycles. The molecule has 1 heterocycles. The molecule has 0 atom stereocenters. The molecule has 0 spiro atoms. The Morgan fingerprint density at radius 3 is 2.29 bits per heavy atom. The summed E-state index contributed by atoms with van der Waals surface area (Å²) in [5.74, 6) is -1.14. The van der Waals surface area contributed by atoms with Gasteiger partial charge in [-0.15, -0.1) is 0 Å². The molecule has 1 aliphatic heterocycles. The Balaban J connectivity index is 1.56. The summed E-state index contributed by atoms with van der Waals surface area (Å²) in [6.07, 6.45) is 6.66. The zero-order valence-corrected chi connectivity index (χ0v) is 20.3. The molecule has 0 bridgehead atoms. The van der Waals surface area contributed by atoms with Gasteiger partial charge in [-0.25, -0.2) is 13.2 Å². The average Bonchev–Trinajstić information content (AvgIpc) is 3.18. The minimum absolute atomic E-state index is 0.151. The van der Waals surface area contributed by atoms with Crippen molar-refractivity contribution in [3.63, 3.8) is 0 Å². The van der Waals surface area contributed by atoms with E-state index in [4.69, 9.17) is 10.00 Å². The first-order valence-corrected chi connectivity index (χ1v) is 13.0. The Labute approximate surface area is 206 Å². The number of carbonyl (C=O) groups is 2. The van der Waals surface area contributed by atoms with Crippen LogP contribution in [0.4, 0.5) is 5.69 Å². The number of rotatable bonds is 9. The summed E-state index contributed by atoms with van der Waals surface area (Å²) in [6.45, 7) is 0.801. The molecule has 1 amide bonds. The van der Waals surface area contributed by atoms with Crippen molar-refractivity contribution in [1.82, 2.24) is 4.31 Å². The van der Waals surface area contributed by atoms with Gasteiger partial charge in [0.15, 0.2) is 6.61 Å². The summed E-state index contributed by atoms with van der Waals surface area (Å²) in [5, 5.41) is 8.86. The lowest BCUT2D eigenvalue weighted by molar-refractivity contribution is -0.142. The maximum Gasteiger partial charge on any atom is 0.331 e. The molecule has 3 rings (SSSR count). The molecule has 8 nitrogen and oxygen atoms in total. The maximum absolute atomic E-state index is 12.9. The third-order valence-corrected chi connectivity index (χ3v) is 7.56. The summed E-state index contributed by atoms with van der Waals surface area (Å²) >= 11 is 0. The number of hydrogen-bond acceptors (Lipinski definition) is 6. The van der Waals surface area contributed by atoms with Gasteiger partial charge in [0, 0.05) is 31.4 Å². The molecule has 184 valence electrons. The molecule has 0 aliphatic carbocycles. The molecule has 0 aromatic heterocycles. The van der Waals surface area contributed by atoms with Crippen molar-refractivity contribution in [2.24, 2.45) is 0 Å². The Hall–Kier alpha value is -3.48. The third-order valence-electron chi connectivity index (χ3n) is 5.65. The normalized spacial score (nSPS) is 14.7. The van der Waals surface area contributed by atoms with Gasteiger partial charge in [-0.05, 0) is 48.7 Å². The minimum Gasteiger partial charge on any atom is -0.452 e. The highest BCUT2D eigenvalue weighted by molar-refractivity contribution is 7.89. The van der Waals surface area contributed by atoms with Gasteiger partial charge in [-0.2, -0.15) is 9.57 Å². The molecule has 0 unspecified atom stereocenters. The standard InChI is InChI=1S/C26H29N3O5S/c27-17-8-20-29(23-9-4-3-5-10-23)25(30)21-34-26(31)16-13-22-11-14-24(15-12-22)35(32,33)28-18-6-1-2-7-19-28/h3-5,9-16H,1-2,6-8,18-21H2/b16-13+. The van der Waals surface area contributed by atoms with E-state index in [0.717, 1.165) is 25.7 Å². The van der Waals surface area contributed by atoms with E-state index in [-0.39, 0.29) is 17.9 Å². The SMILES string of the molecule is N#CCCN(C(=O)COC(=O)/C=C/c1ccc(S(=O)(=O)N2CCCCCC2)cc1)c1ccccc1. The quantitative estimate of drug-likeness (QED) is 0.387. The summed E-state index contributed by atoms with van der Waals surface area (Å²) < 4.78 is 32.4. The van der Waals surface area contributed by atoms with Crippen LogP contribution in [0.25, 0.3) is 6.08 Å². The van der Waals surface area contributed by atoms with Crippen LogP contribution in [0, 0.1) is 11.3 Å². The van der Waals surface area contributed by atoms with Gasteiger partial charge in [0.1, 0.15) is 0 Å². The zero-order valence-electron chi connectivity index (χ0n) is 19.5. The fourth-order valence-electron chi connectivity index (χ4n) is 3.77. The van der Waals surface area contributed by atoms with Gasteiger partial charge in [-0.1, -0.05) is 43.2 Å². The van der Waals surface area contributed by atoms with Crippen LogP contribution in [-0.4, -0.2) is 50.8 Å². The monoisotopic (exact) mass is 495 g/mol. The number of sulfonamides is 1. The van der Waals surface area contributed by atoms with E-state index in [1.165, 1.54) is 33.5 Å². The first-order valence-electron chi connectivity index (χ1n) is 11.6. The van der Waals surface area contributed by atoms with Crippen molar-refractivity contribution in [2.75, 3.05) is 31.1 Å². The second-order valence-corrected chi connectivity index (χ2v) is 10.1. The summed E-state index contributed by atoms with van der Waals surface area (Å²) in [6, 6.07) is 17.2. The first kappa shape index (κ1) is 26.1. The van der Waals surface area contributed by atoms with Crippen molar-refractivity contribution >= 4 is 33.7 Å². The smallest absolute Gasteiger partial charge is 0.331 e. The van der Waals surface area contributed by atoms with E-state index in [1.807, 2.05) is 12.1 Å². The predicted molar refractivity (Wildman–Crippen MR) is 133 cm³/mol. The van der Waals surface area contributed by atoms with Crippen LogP contribution in [-0.2, 0) is 24.3 Å². The van der Waals surface area contributed by atoms with Gasteiger partial charge >= 0.3 is 5.97 Å². The lowest BCUT2D eigenvalue weighted by Gasteiger charge is -2.21. The molecule has 9 heteroatoms. The molecule has 2 aromatic carbocycles. The highest BCUT2D eigenvalue weighted by Crippen LogP contribution is 2.21. The number of hydrogen-bond donors (Lipinski definition) is 0. The molecular weight excluding hydrogens is 466 g/mol. The number of ether oxygens (including phenoxy) is 1. The Bertz CT molecular complexity index is 1160. The van der Waals surface area contributed by atoms with Gasteiger partial charge in [0.25, 0.3) is 5.91 Å². The van der Waals surface area contributed by atoms with Gasteiger partial charge in [-0.3, -0.25) is 4.79 Å². The van der Waals surface area contributed by atoms with Crippen molar-refractivity contribution in [3.8, 4) is 6.07 Å². The molecule has 35 heavy (non-hydrogen) atoms. The van der Waals surface area contributed by atoms with Crippen molar-refractivity contribution in [2.45, 2.75) is 37.0 Å². The molecule has 1 aliphatic rings. The molecule has 1 fully saturated rings. The minimum atomic E-state index is -3.53. The van der Waals surface area contributed by atoms with Crippen LogP contribution in [0.5, 0.6) is 0 Å². The number of benzene rings is 2. The first-order chi connectivity index (χ1) is 16.9. The molecule has 0 saturated carbocycles. The maximum atomic E-state index is 12.9. The van der Waals surface area contributed by atoms with Crippen LogP contribution in [0.2, 0.25) is 0 Å². The second-order valence-electron chi connectivity index (χ2n) is 8.12. The molecular formula is C26H29N3O5S. The van der Waals surface area contributed by atoms with Crippen LogP contribution < -0.4 is 4.90 Å². The number of para-hydroxylation sites is 1. The highest BCUT2D eigenvalue weighted by atomic mass is 32.2. The lowest BCUT2D eigenvalue weighted by atomic mass is 10.2. The van der Waals surface area contributed by atoms with E-state index >= 15 is 0 Å². The van der Waals surface area contributed by atoms with Crippen LogP contribution in [0.3, 0.4) is 0 Å².